The van der Waals surface area contributed by atoms with Gasteiger partial charge in [0.25, 0.3) is 11.5 Å². The van der Waals surface area contributed by atoms with E-state index in [-0.39, 0.29) is 11.5 Å². The fraction of sp³-hybridized carbons (Fsp3) is 0.435. The van der Waals surface area contributed by atoms with E-state index in [1.165, 1.54) is 6.07 Å². The van der Waals surface area contributed by atoms with Crippen molar-refractivity contribution in [3.8, 4) is 0 Å². The van der Waals surface area contributed by atoms with E-state index in [4.69, 9.17) is 0 Å². The summed E-state index contributed by atoms with van der Waals surface area (Å²) >= 11 is 0. The van der Waals surface area contributed by atoms with E-state index in [1.54, 1.807) is 0 Å². The number of hydrogen-bond acceptors (Lipinski definition) is 5. The van der Waals surface area contributed by atoms with Gasteiger partial charge >= 0.3 is 0 Å². The summed E-state index contributed by atoms with van der Waals surface area (Å²) in [4.78, 5) is 42.9. The molecule has 1 heterocycles. The lowest BCUT2D eigenvalue weighted by atomic mass is 9.92. The van der Waals surface area contributed by atoms with Crippen LogP contribution >= 0.6 is 0 Å². The Morgan fingerprint density at radius 1 is 1.26 bits per heavy atom. The number of pyridine rings is 1. The normalized spacial score (nSPS) is 16.5. The highest BCUT2D eigenvalue weighted by Crippen LogP contribution is 2.27. The van der Waals surface area contributed by atoms with Gasteiger partial charge < -0.3 is 25.6 Å². The lowest BCUT2D eigenvalue weighted by Crippen LogP contribution is -2.50. The van der Waals surface area contributed by atoms with Crippen LogP contribution in [0.3, 0.4) is 0 Å². The molecule has 8 heteroatoms. The molecule has 2 aromatic rings. The number of amides is 2. The van der Waals surface area contributed by atoms with Crippen molar-refractivity contribution >= 4 is 11.8 Å². The maximum Gasteiger partial charge on any atom is 0.261 e. The van der Waals surface area contributed by atoms with Gasteiger partial charge in [0.2, 0.25) is 5.91 Å². The number of fused-ring (bicyclic) bond motifs is 1. The van der Waals surface area contributed by atoms with Gasteiger partial charge in [0.15, 0.2) is 0 Å². The molecule has 0 saturated heterocycles. The molecule has 0 aliphatic heterocycles. The lowest BCUT2D eigenvalue weighted by Gasteiger charge is -2.22. The monoisotopic (exact) mass is 426 g/mol. The molecule has 4 N–H and O–H groups in total. The number of hydrogen-bond donors (Lipinski definition) is 4. The number of likely N-dealkylation sites (N-methyl/N-ethyl adjacent to an activating group) is 1. The van der Waals surface area contributed by atoms with Gasteiger partial charge in [-0.25, -0.2) is 0 Å². The maximum absolute atomic E-state index is 12.9. The number of aromatic amines is 1. The maximum atomic E-state index is 12.9. The Morgan fingerprint density at radius 2 is 2.00 bits per heavy atom. The molecule has 0 radical (unpaired) electrons. The fourth-order valence-electron chi connectivity index (χ4n) is 3.71. The molecule has 0 fully saturated rings. The van der Waals surface area contributed by atoms with Crippen LogP contribution in [0.2, 0.25) is 0 Å². The molecule has 0 bridgehead atoms. The molecule has 3 rings (SSSR count). The fourth-order valence-corrected chi connectivity index (χ4v) is 3.71. The van der Waals surface area contributed by atoms with Crippen molar-refractivity contribution in [1.29, 1.82) is 0 Å². The molecule has 2 amide bonds. The average molecular weight is 427 g/mol. The first kappa shape index (κ1) is 22.7. The predicted molar refractivity (Wildman–Crippen MR) is 118 cm³/mol. The highest BCUT2D eigenvalue weighted by atomic mass is 16.3. The third kappa shape index (κ3) is 6.02. The molecule has 1 aliphatic carbocycles. The second-order valence-electron chi connectivity index (χ2n) is 8.16. The van der Waals surface area contributed by atoms with Crippen LogP contribution < -0.4 is 16.2 Å². The third-order valence-corrected chi connectivity index (χ3v) is 5.43. The Kier molecular flexibility index (Phi) is 7.59. The second kappa shape index (κ2) is 10.4. The second-order valence-corrected chi connectivity index (χ2v) is 8.16. The van der Waals surface area contributed by atoms with E-state index in [1.807, 2.05) is 49.3 Å². The average Bonchev–Trinajstić information content (AvgIpc) is 2.73. The van der Waals surface area contributed by atoms with Crippen LogP contribution in [0.15, 0.2) is 41.2 Å². The van der Waals surface area contributed by atoms with E-state index in [0.29, 0.717) is 43.6 Å². The van der Waals surface area contributed by atoms with Crippen molar-refractivity contribution < 1.29 is 14.7 Å². The number of aryl methyl sites for hydroxylation is 1. The number of H-pyrrole nitrogens is 1. The quantitative estimate of drug-likeness (QED) is 0.498. The molecule has 0 saturated carbocycles. The molecule has 1 aromatic heterocycles. The van der Waals surface area contributed by atoms with Crippen molar-refractivity contribution in [2.24, 2.45) is 0 Å². The molecule has 1 aromatic carbocycles. The number of benzene rings is 1. The SMILES string of the molecule is CN(C)CCNC(=O)[C@H](Cc1ccccc1)NC(=O)c1cc2c([nH]c1=O)CCCC2O. The predicted octanol–water partition coefficient (Wildman–Crippen LogP) is 0.764. The zero-order chi connectivity index (χ0) is 22.4. The smallest absolute Gasteiger partial charge is 0.261 e. The van der Waals surface area contributed by atoms with Crippen LogP contribution in [-0.2, 0) is 17.6 Å². The summed E-state index contributed by atoms with van der Waals surface area (Å²) in [7, 11) is 3.82. The van der Waals surface area contributed by atoms with Crippen molar-refractivity contribution in [1.82, 2.24) is 20.5 Å². The highest BCUT2D eigenvalue weighted by Gasteiger charge is 2.26. The Bertz CT molecular complexity index is 971. The molecule has 0 spiro atoms. The van der Waals surface area contributed by atoms with Crippen molar-refractivity contribution in [2.75, 3.05) is 27.2 Å². The first-order chi connectivity index (χ1) is 14.8. The summed E-state index contributed by atoms with van der Waals surface area (Å²) < 4.78 is 0. The molecule has 31 heavy (non-hydrogen) atoms. The molecule has 8 nitrogen and oxygen atoms in total. The van der Waals surface area contributed by atoms with Crippen molar-refractivity contribution in [3.05, 3.63) is 69.1 Å². The van der Waals surface area contributed by atoms with Crippen LogP contribution in [-0.4, -0.2) is 60.0 Å². The van der Waals surface area contributed by atoms with Gasteiger partial charge in [-0.15, -0.1) is 0 Å². The Morgan fingerprint density at radius 3 is 2.71 bits per heavy atom. The van der Waals surface area contributed by atoms with Crippen LogP contribution in [0.25, 0.3) is 0 Å². The van der Waals surface area contributed by atoms with E-state index in [0.717, 1.165) is 12.0 Å². The molecular formula is C23H30N4O4. The van der Waals surface area contributed by atoms with Crippen LogP contribution in [0.5, 0.6) is 0 Å². The minimum absolute atomic E-state index is 0.0983. The highest BCUT2D eigenvalue weighted by molar-refractivity contribution is 5.97. The standard InChI is InChI=1S/C23H30N4O4/c1-27(2)12-11-24-23(31)19(13-15-7-4-3-5-8-15)26-22(30)17-14-16-18(25-21(17)29)9-6-10-20(16)28/h3-5,7-8,14,19-20,28H,6,9-13H2,1-2H3,(H,24,31)(H,25,29)(H,26,30)/t19-,20?/m0/s1. The van der Waals surface area contributed by atoms with Gasteiger partial charge in [-0.05, 0) is 45.0 Å². The number of carbonyl (C=O) groups is 2. The number of aromatic nitrogens is 1. The number of nitrogens with one attached hydrogen (secondary N) is 3. The molecule has 1 unspecified atom stereocenters. The van der Waals surface area contributed by atoms with E-state index in [2.05, 4.69) is 15.6 Å². The Labute approximate surface area is 181 Å². The molecular weight excluding hydrogens is 396 g/mol. The van der Waals surface area contributed by atoms with Crippen LogP contribution in [0, 0.1) is 0 Å². The van der Waals surface area contributed by atoms with Crippen LogP contribution in [0.4, 0.5) is 0 Å². The molecule has 2 atom stereocenters. The number of carbonyl (C=O) groups excluding carboxylic acids is 2. The van der Waals surface area contributed by atoms with E-state index < -0.39 is 23.6 Å². The minimum atomic E-state index is -0.836. The third-order valence-electron chi connectivity index (χ3n) is 5.43. The lowest BCUT2D eigenvalue weighted by molar-refractivity contribution is -0.123. The number of rotatable bonds is 8. The Hall–Kier alpha value is -2.97. The summed E-state index contributed by atoms with van der Waals surface area (Å²) in [5, 5.41) is 15.8. The topological polar surface area (TPSA) is 115 Å². The zero-order valence-corrected chi connectivity index (χ0v) is 18.0. The zero-order valence-electron chi connectivity index (χ0n) is 18.0. The van der Waals surface area contributed by atoms with Crippen molar-refractivity contribution in [2.45, 2.75) is 37.8 Å². The molecule has 166 valence electrons. The van der Waals surface area contributed by atoms with E-state index >= 15 is 0 Å². The number of aliphatic hydroxyl groups excluding tert-OH is 1. The summed E-state index contributed by atoms with van der Waals surface area (Å²) in [6.45, 7) is 1.11. The van der Waals surface area contributed by atoms with Gasteiger partial charge in [0, 0.05) is 30.8 Å². The van der Waals surface area contributed by atoms with Gasteiger partial charge in [0.1, 0.15) is 11.6 Å². The van der Waals surface area contributed by atoms with Gasteiger partial charge in [-0.2, -0.15) is 0 Å². The van der Waals surface area contributed by atoms with Gasteiger partial charge in [-0.3, -0.25) is 14.4 Å². The van der Waals surface area contributed by atoms with Crippen LogP contribution in [0.1, 0.15) is 46.1 Å². The summed E-state index contributed by atoms with van der Waals surface area (Å²) in [5.41, 5.74) is 1.52. The van der Waals surface area contributed by atoms with E-state index in [9.17, 15) is 19.5 Å². The largest absolute Gasteiger partial charge is 0.388 e. The summed E-state index contributed by atoms with van der Waals surface area (Å²) in [5.74, 6) is -0.945. The molecule has 1 aliphatic rings. The summed E-state index contributed by atoms with van der Waals surface area (Å²) in [6.07, 6.45) is 1.62. The van der Waals surface area contributed by atoms with Gasteiger partial charge in [0.05, 0.1) is 6.10 Å². The Balaban J connectivity index is 1.79. The first-order valence-electron chi connectivity index (χ1n) is 10.6. The first-order valence-corrected chi connectivity index (χ1v) is 10.6. The number of aliphatic hydroxyl groups is 1. The minimum Gasteiger partial charge on any atom is -0.388 e. The van der Waals surface area contributed by atoms with Crippen molar-refractivity contribution in [3.63, 3.8) is 0 Å². The van der Waals surface area contributed by atoms with Gasteiger partial charge in [-0.1, -0.05) is 30.3 Å². The summed E-state index contributed by atoms with van der Waals surface area (Å²) in [6, 6.07) is 10.0. The number of nitrogens with zero attached hydrogens (tertiary/aromatic N) is 1.